The molecule has 2 aliphatic rings. The molecule has 0 bridgehead atoms. The third kappa shape index (κ3) is 4.38. The van der Waals surface area contributed by atoms with Gasteiger partial charge in [-0.2, -0.15) is 5.10 Å². The van der Waals surface area contributed by atoms with Crippen molar-refractivity contribution in [3.05, 3.63) is 77.7 Å². The normalized spacial score (nSPS) is 19.8. The second-order valence-electron chi connectivity index (χ2n) is 8.29. The summed E-state index contributed by atoms with van der Waals surface area (Å²) in [5.74, 6) is -0.416. The van der Waals surface area contributed by atoms with Crippen molar-refractivity contribution in [3.63, 3.8) is 0 Å². The largest absolute Gasteiger partial charge is 0.347 e. The molecule has 160 valence electrons. The van der Waals surface area contributed by atoms with Crippen LogP contribution in [0.3, 0.4) is 0 Å². The number of halogens is 1. The van der Waals surface area contributed by atoms with Crippen LogP contribution in [-0.2, 0) is 6.54 Å². The average Bonchev–Trinajstić information content (AvgIpc) is 3.25. The number of benzene rings is 2. The fourth-order valence-electron chi connectivity index (χ4n) is 4.43. The summed E-state index contributed by atoms with van der Waals surface area (Å²) < 4.78 is 15.0. The van der Waals surface area contributed by atoms with E-state index in [0.29, 0.717) is 24.0 Å². The third-order valence-corrected chi connectivity index (χ3v) is 6.12. The van der Waals surface area contributed by atoms with Crippen LogP contribution in [-0.4, -0.2) is 46.3 Å². The first-order valence-corrected chi connectivity index (χ1v) is 10.8. The molecule has 5 rings (SSSR count). The fraction of sp³-hybridized carbons (Fsp3) is 0.333. The van der Waals surface area contributed by atoms with Crippen molar-refractivity contribution in [2.75, 3.05) is 19.6 Å². The van der Waals surface area contributed by atoms with Crippen LogP contribution in [0.4, 0.5) is 4.39 Å². The lowest BCUT2D eigenvalue weighted by Crippen LogP contribution is -2.50. The van der Waals surface area contributed by atoms with Crippen molar-refractivity contribution >= 4 is 5.91 Å². The molecular formula is C24H26FN5O. The Balaban J connectivity index is 1.25. The number of hydrogen-bond acceptors (Lipinski definition) is 4. The van der Waals surface area contributed by atoms with Gasteiger partial charge in [0.05, 0.1) is 12.2 Å². The number of likely N-dealkylation sites (tertiary alicyclic amines) is 1. The number of nitrogens with zero attached hydrogens (tertiary/aromatic N) is 3. The van der Waals surface area contributed by atoms with Crippen LogP contribution in [0.25, 0.3) is 11.3 Å². The number of hydrogen-bond donors (Lipinski definition) is 2. The van der Waals surface area contributed by atoms with Crippen LogP contribution in [0.5, 0.6) is 0 Å². The molecule has 1 saturated heterocycles. The Hall–Kier alpha value is -3.03. The van der Waals surface area contributed by atoms with Gasteiger partial charge in [-0.25, -0.2) is 9.07 Å². The Morgan fingerprint density at radius 1 is 1.06 bits per heavy atom. The summed E-state index contributed by atoms with van der Waals surface area (Å²) in [6.07, 6.45) is 2.02. The van der Waals surface area contributed by atoms with E-state index < -0.39 is 0 Å². The SMILES string of the molecule is O=C1NC[C@H](NC2CCN(Cc3ccccc3)CC2)n2nc(-c3ccc(F)cc3)cc21. The lowest BCUT2D eigenvalue weighted by atomic mass is 10.0. The lowest BCUT2D eigenvalue weighted by molar-refractivity contribution is 0.0887. The number of piperidine rings is 1. The predicted molar refractivity (Wildman–Crippen MR) is 117 cm³/mol. The van der Waals surface area contributed by atoms with Gasteiger partial charge in [0.1, 0.15) is 17.7 Å². The Bertz CT molecular complexity index is 1040. The molecule has 7 heteroatoms. The first-order chi connectivity index (χ1) is 15.2. The Labute approximate surface area is 181 Å². The summed E-state index contributed by atoms with van der Waals surface area (Å²) in [5, 5.41) is 11.3. The van der Waals surface area contributed by atoms with Crippen LogP contribution in [0.1, 0.15) is 35.1 Å². The summed E-state index contributed by atoms with van der Waals surface area (Å²) in [6, 6.07) is 18.9. The predicted octanol–water partition coefficient (Wildman–Crippen LogP) is 3.19. The molecule has 2 aliphatic heterocycles. The quantitative estimate of drug-likeness (QED) is 0.667. The van der Waals surface area contributed by atoms with Crippen LogP contribution < -0.4 is 10.6 Å². The van der Waals surface area contributed by atoms with Crippen molar-refractivity contribution in [2.24, 2.45) is 0 Å². The van der Waals surface area contributed by atoms with E-state index in [4.69, 9.17) is 0 Å². The molecule has 0 radical (unpaired) electrons. The smallest absolute Gasteiger partial charge is 0.269 e. The van der Waals surface area contributed by atoms with Crippen molar-refractivity contribution in [1.82, 2.24) is 25.3 Å². The second kappa shape index (κ2) is 8.61. The molecule has 3 heterocycles. The summed E-state index contributed by atoms with van der Waals surface area (Å²) in [7, 11) is 0. The molecule has 2 N–H and O–H groups in total. The monoisotopic (exact) mass is 419 g/mol. The van der Waals surface area contributed by atoms with Crippen molar-refractivity contribution in [2.45, 2.75) is 31.6 Å². The number of fused-ring (bicyclic) bond motifs is 1. The van der Waals surface area contributed by atoms with Crippen LogP contribution >= 0.6 is 0 Å². The minimum absolute atomic E-state index is 0.0902. The molecule has 0 spiro atoms. The van der Waals surface area contributed by atoms with Gasteiger partial charge < -0.3 is 5.32 Å². The van der Waals surface area contributed by atoms with Gasteiger partial charge in [-0.1, -0.05) is 30.3 Å². The summed E-state index contributed by atoms with van der Waals surface area (Å²) in [4.78, 5) is 14.9. The van der Waals surface area contributed by atoms with Crippen LogP contribution in [0, 0.1) is 5.82 Å². The highest BCUT2D eigenvalue weighted by Gasteiger charge is 2.30. The molecular weight excluding hydrogens is 393 g/mol. The Morgan fingerprint density at radius 2 is 1.81 bits per heavy atom. The number of rotatable bonds is 5. The first-order valence-electron chi connectivity index (χ1n) is 10.8. The zero-order valence-electron chi connectivity index (χ0n) is 17.3. The van der Waals surface area contributed by atoms with E-state index in [2.05, 4.69) is 44.9 Å². The molecule has 1 aromatic heterocycles. The summed E-state index contributed by atoms with van der Waals surface area (Å²) in [6.45, 7) is 3.56. The summed E-state index contributed by atoms with van der Waals surface area (Å²) >= 11 is 0. The van der Waals surface area contributed by atoms with Crippen molar-refractivity contribution < 1.29 is 9.18 Å². The topological polar surface area (TPSA) is 62.2 Å². The highest BCUT2D eigenvalue weighted by molar-refractivity contribution is 5.94. The highest BCUT2D eigenvalue weighted by Crippen LogP contribution is 2.24. The number of carbonyl (C=O) groups excluding carboxylic acids is 1. The Kier molecular flexibility index (Phi) is 5.53. The minimum Gasteiger partial charge on any atom is -0.347 e. The van der Waals surface area contributed by atoms with Crippen molar-refractivity contribution in [1.29, 1.82) is 0 Å². The van der Waals surface area contributed by atoms with E-state index in [1.807, 2.05) is 6.07 Å². The van der Waals surface area contributed by atoms with Crippen LogP contribution in [0.2, 0.25) is 0 Å². The zero-order chi connectivity index (χ0) is 21.2. The standard InChI is InChI=1S/C24H26FN5O/c25-19-8-6-18(7-9-19)21-14-22-24(31)26-15-23(30(22)28-21)27-20-10-12-29(13-11-20)16-17-4-2-1-3-5-17/h1-9,14,20,23,27H,10-13,15-16H2,(H,26,31)/t23-/m1/s1. The molecule has 1 fully saturated rings. The molecule has 2 aromatic carbocycles. The molecule has 3 aromatic rings. The van der Waals surface area contributed by atoms with Gasteiger partial charge in [0.25, 0.3) is 5.91 Å². The van der Waals surface area contributed by atoms with E-state index in [1.165, 1.54) is 17.7 Å². The van der Waals surface area contributed by atoms with Gasteiger partial charge in [0.2, 0.25) is 0 Å². The molecule has 1 atom stereocenters. The fourth-order valence-corrected chi connectivity index (χ4v) is 4.43. The average molecular weight is 420 g/mol. The molecule has 31 heavy (non-hydrogen) atoms. The third-order valence-electron chi connectivity index (χ3n) is 6.12. The van der Waals surface area contributed by atoms with Gasteiger partial charge in [-0.05, 0) is 61.8 Å². The van der Waals surface area contributed by atoms with Gasteiger partial charge in [-0.15, -0.1) is 0 Å². The maximum Gasteiger partial charge on any atom is 0.269 e. The first kappa shape index (κ1) is 19.9. The molecule has 0 unspecified atom stereocenters. The number of nitrogens with one attached hydrogen (secondary N) is 2. The molecule has 6 nitrogen and oxygen atoms in total. The van der Waals surface area contributed by atoms with Gasteiger partial charge in [-0.3, -0.25) is 15.0 Å². The van der Waals surface area contributed by atoms with Gasteiger partial charge >= 0.3 is 0 Å². The number of amides is 1. The van der Waals surface area contributed by atoms with Gasteiger partial charge in [0, 0.05) is 18.2 Å². The molecule has 0 aliphatic carbocycles. The van der Waals surface area contributed by atoms with E-state index in [-0.39, 0.29) is 17.9 Å². The number of aromatic nitrogens is 2. The van der Waals surface area contributed by atoms with Crippen LogP contribution in [0.15, 0.2) is 60.7 Å². The number of carbonyl (C=O) groups is 1. The molecule has 0 saturated carbocycles. The second-order valence-corrected chi connectivity index (χ2v) is 8.29. The minimum atomic E-state index is -0.288. The van der Waals surface area contributed by atoms with Crippen molar-refractivity contribution in [3.8, 4) is 11.3 Å². The van der Waals surface area contributed by atoms with E-state index in [9.17, 15) is 9.18 Å². The van der Waals surface area contributed by atoms with E-state index >= 15 is 0 Å². The zero-order valence-corrected chi connectivity index (χ0v) is 17.3. The van der Waals surface area contributed by atoms with E-state index in [0.717, 1.165) is 38.0 Å². The highest BCUT2D eigenvalue weighted by atomic mass is 19.1. The van der Waals surface area contributed by atoms with Gasteiger partial charge in [0.15, 0.2) is 0 Å². The summed E-state index contributed by atoms with van der Waals surface area (Å²) in [5.41, 5.74) is 3.35. The molecule has 1 amide bonds. The Morgan fingerprint density at radius 3 is 2.55 bits per heavy atom. The van der Waals surface area contributed by atoms with E-state index in [1.54, 1.807) is 22.9 Å². The maximum atomic E-state index is 13.3. The lowest BCUT2D eigenvalue weighted by Gasteiger charge is -2.36. The maximum absolute atomic E-state index is 13.3.